The van der Waals surface area contributed by atoms with Crippen molar-refractivity contribution in [2.45, 2.75) is 303 Å². The van der Waals surface area contributed by atoms with E-state index in [1.165, 1.54) is 167 Å². The van der Waals surface area contributed by atoms with Crippen LogP contribution in [-0.4, -0.2) is 37.2 Å². The summed E-state index contributed by atoms with van der Waals surface area (Å²) in [5.74, 6) is -0.953. The third kappa shape index (κ3) is 55.8. The Morgan fingerprint density at radius 3 is 0.929 bits per heavy atom. The van der Waals surface area contributed by atoms with Gasteiger partial charge in [-0.05, 0) is 83.5 Å². The molecule has 0 aromatic rings. The second-order valence-corrected chi connectivity index (χ2v) is 19.9. The van der Waals surface area contributed by atoms with Crippen molar-refractivity contribution in [3.8, 4) is 0 Å². The summed E-state index contributed by atoms with van der Waals surface area (Å²) >= 11 is 0. The molecule has 0 radical (unpaired) electrons. The number of ether oxygens (including phenoxy) is 3. The lowest BCUT2D eigenvalue weighted by atomic mass is 10.0. The van der Waals surface area contributed by atoms with Gasteiger partial charge in [-0.1, -0.05) is 267 Å². The predicted molar refractivity (Wildman–Crippen MR) is 302 cm³/mol. The Labute approximate surface area is 433 Å². The molecule has 0 aliphatic rings. The molecule has 0 spiro atoms. The number of unbranched alkanes of at least 4 members (excludes halogenated alkanes) is 31. The van der Waals surface area contributed by atoms with E-state index in [1.54, 1.807) is 0 Å². The average molecular weight is 978 g/mol. The van der Waals surface area contributed by atoms with Gasteiger partial charge in [-0.25, -0.2) is 0 Å². The van der Waals surface area contributed by atoms with Gasteiger partial charge in [-0.2, -0.15) is 0 Å². The summed E-state index contributed by atoms with van der Waals surface area (Å²) in [5.41, 5.74) is 0. The lowest BCUT2D eigenvalue weighted by Crippen LogP contribution is -2.30. The molecule has 404 valence electrons. The van der Waals surface area contributed by atoms with Crippen LogP contribution >= 0.6 is 0 Å². The standard InChI is InChI=1S/C64H112O6/c1-4-7-10-13-16-19-22-25-28-31-32-34-36-39-42-45-48-51-54-57-63(66)69-60-61(59-68-62(65)56-53-50-47-44-41-38-35-30-27-24-21-18-15-12-9-6-3)70-64(67)58-55-52-49-46-43-40-37-33-29-26-23-20-17-14-11-8-5-2/h8,11,17,20,26,29-30,35,37,40,46,49,61H,4-7,9-10,12-16,18-19,21-25,27-28,31-34,36,38-39,41-45,47-48,50-60H2,1-3H3/b11-8-,20-17-,29-26-,35-30-,40-37-,49-46-/t61-/m1/s1. The predicted octanol–water partition coefficient (Wildman–Crippen LogP) is 20.2. The van der Waals surface area contributed by atoms with E-state index in [9.17, 15) is 14.4 Å². The lowest BCUT2D eigenvalue weighted by molar-refractivity contribution is -0.167. The van der Waals surface area contributed by atoms with Gasteiger partial charge in [0, 0.05) is 19.3 Å². The van der Waals surface area contributed by atoms with Gasteiger partial charge < -0.3 is 14.2 Å². The first-order chi connectivity index (χ1) is 34.5. The Bertz CT molecular complexity index is 1310. The Balaban J connectivity index is 4.44. The second-order valence-electron chi connectivity index (χ2n) is 19.9. The molecule has 0 unspecified atom stereocenters. The summed E-state index contributed by atoms with van der Waals surface area (Å²) in [6.45, 7) is 6.50. The molecule has 0 aliphatic carbocycles. The quantitative estimate of drug-likeness (QED) is 0.0261. The minimum atomic E-state index is -0.807. The largest absolute Gasteiger partial charge is 0.462 e. The van der Waals surface area contributed by atoms with E-state index in [1.807, 2.05) is 0 Å². The molecule has 6 heteroatoms. The van der Waals surface area contributed by atoms with Crippen LogP contribution in [0.3, 0.4) is 0 Å². The van der Waals surface area contributed by atoms with Crippen LogP contribution in [-0.2, 0) is 28.6 Å². The molecule has 0 aromatic heterocycles. The highest BCUT2D eigenvalue weighted by Crippen LogP contribution is 2.16. The van der Waals surface area contributed by atoms with E-state index in [2.05, 4.69) is 93.7 Å². The third-order valence-electron chi connectivity index (χ3n) is 12.9. The number of carbonyl (C=O) groups excluding carboxylic acids is 3. The van der Waals surface area contributed by atoms with Crippen LogP contribution in [0.15, 0.2) is 72.9 Å². The number of esters is 3. The van der Waals surface area contributed by atoms with Gasteiger partial charge in [-0.15, -0.1) is 0 Å². The molecule has 0 fully saturated rings. The maximum Gasteiger partial charge on any atom is 0.306 e. The molecule has 0 aliphatic heterocycles. The summed E-state index contributed by atoms with van der Waals surface area (Å²) in [7, 11) is 0. The molecule has 0 bridgehead atoms. The highest BCUT2D eigenvalue weighted by atomic mass is 16.6. The minimum absolute atomic E-state index is 0.0980. The summed E-state index contributed by atoms with van der Waals surface area (Å²) in [6.07, 6.45) is 74.8. The maximum absolute atomic E-state index is 12.8. The highest BCUT2D eigenvalue weighted by molar-refractivity contribution is 5.71. The van der Waals surface area contributed by atoms with Crippen LogP contribution in [0.4, 0.5) is 0 Å². The maximum atomic E-state index is 12.8. The van der Waals surface area contributed by atoms with E-state index in [4.69, 9.17) is 14.2 Å². The molecule has 0 rings (SSSR count). The summed E-state index contributed by atoms with van der Waals surface area (Å²) in [5, 5.41) is 0. The minimum Gasteiger partial charge on any atom is -0.462 e. The van der Waals surface area contributed by atoms with Crippen molar-refractivity contribution in [3.05, 3.63) is 72.9 Å². The summed E-state index contributed by atoms with van der Waals surface area (Å²) < 4.78 is 16.8. The fourth-order valence-electron chi connectivity index (χ4n) is 8.47. The molecule has 0 amide bonds. The van der Waals surface area contributed by atoms with E-state index >= 15 is 0 Å². The normalized spacial score (nSPS) is 12.6. The zero-order chi connectivity index (χ0) is 50.7. The fraction of sp³-hybridized carbons (Fsp3) is 0.766. The van der Waals surface area contributed by atoms with E-state index in [0.29, 0.717) is 19.3 Å². The molecular weight excluding hydrogens is 865 g/mol. The Morgan fingerprint density at radius 2 is 0.571 bits per heavy atom. The number of rotatable bonds is 54. The Kier molecular flexibility index (Phi) is 55.8. The van der Waals surface area contributed by atoms with Crippen LogP contribution in [0.25, 0.3) is 0 Å². The number of hydrogen-bond acceptors (Lipinski definition) is 6. The topological polar surface area (TPSA) is 78.9 Å². The molecular formula is C64H112O6. The molecule has 70 heavy (non-hydrogen) atoms. The van der Waals surface area contributed by atoms with Gasteiger partial charge >= 0.3 is 17.9 Å². The van der Waals surface area contributed by atoms with E-state index < -0.39 is 6.10 Å². The molecule has 1 atom stereocenters. The van der Waals surface area contributed by atoms with Gasteiger partial charge in [0.25, 0.3) is 0 Å². The SMILES string of the molecule is CC/C=C\C/C=C\C/C=C\C/C=C\C/C=C\CCCC(=O)O[C@H](COC(=O)CCCCCCC/C=C\CCCCCCCCC)COC(=O)CCCCCCCCCCCCCCCCCCCCC. The summed E-state index contributed by atoms with van der Waals surface area (Å²) in [4.78, 5) is 38.2. The van der Waals surface area contributed by atoms with Gasteiger partial charge in [0.2, 0.25) is 0 Å². The van der Waals surface area contributed by atoms with Crippen LogP contribution < -0.4 is 0 Å². The van der Waals surface area contributed by atoms with Crippen molar-refractivity contribution in [2.75, 3.05) is 13.2 Å². The van der Waals surface area contributed by atoms with Crippen LogP contribution in [0, 0.1) is 0 Å². The Hall–Kier alpha value is -3.15. The van der Waals surface area contributed by atoms with Crippen molar-refractivity contribution in [1.82, 2.24) is 0 Å². The van der Waals surface area contributed by atoms with Crippen molar-refractivity contribution in [2.24, 2.45) is 0 Å². The van der Waals surface area contributed by atoms with Crippen LogP contribution in [0.2, 0.25) is 0 Å². The monoisotopic (exact) mass is 977 g/mol. The first kappa shape index (κ1) is 66.9. The van der Waals surface area contributed by atoms with E-state index in [0.717, 1.165) is 83.5 Å². The zero-order valence-corrected chi connectivity index (χ0v) is 46.3. The van der Waals surface area contributed by atoms with Crippen molar-refractivity contribution in [3.63, 3.8) is 0 Å². The molecule has 0 heterocycles. The summed E-state index contributed by atoms with van der Waals surface area (Å²) in [6, 6.07) is 0. The molecule has 6 nitrogen and oxygen atoms in total. The second kappa shape index (κ2) is 58.4. The van der Waals surface area contributed by atoms with Gasteiger partial charge in [-0.3, -0.25) is 14.4 Å². The number of hydrogen-bond donors (Lipinski definition) is 0. The molecule has 0 N–H and O–H groups in total. The lowest BCUT2D eigenvalue weighted by Gasteiger charge is -2.18. The smallest absolute Gasteiger partial charge is 0.306 e. The van der Waals surface area contributed by atoms with Crippen molar-refractivity contribution < 1.29 is 28.6 Å². The van der Waals surface area contributed by atoms with Gasteiger partial charge in [0.15, 0.2) is 6.10 Å². The average Bonchev–Trinajstić information content (AvgIpc) is 3.36. The third-order valence-corrected chi connectivity index (χ3v) is 12.9. The first-order valence-corrected chi connectivity index (χ1v) is 29.9. The number of allylic oxidation sites excluding steroid dienone is 12. The zero-order valence-electron chi connectivity index (χ0n) is 46.3. The van der Waals surface area contributed by atoms with Crippen LogP contribution in [0.1, 0.15) is 297 Å². The van der Waals surface area contributed by atoms with Crippen molar-refractivity contribution >= 4 is 17.9 Å². The highest BCUT2D eigenvalue weighted by Gasteiger charge is 2.19. The van der Waals surface area contributed by atoms with Crippen molar-refractivity contribution in [1.29, 1.82) is 0 Å². The molecule has 0 saturated heterocycles. The molecule has 0 saturated carbocycles. The van der Waals surface area contributed by atoms with Gasteiger partial charge in [0.05, 0.1) is 0 Å². The Morgan fingerprint density at radius 1 is 0.300 bits per heavy atom. The molecule has 0 aromatic carbocycles. The van der Waals surface area contributed by atoms with Crippen LogP contribution in [0.5, 0.6) is 0 Å². The first-order valence-electron chi connectivity index (χ1n) is 29.9. The van der Waals surface area contributed by atoms with E-state index in [-0.39, 0.29) is 37.5 Å². The van der Waals surface area contributed by atoms with Gasteiger partial charge in [0.1, 0.15) is 13.2 Å². The fourth-order valence-corrected chi connectivity index (χ4v) is 8.47. The number of carbonyl (C=O) groups is 3.